The third-order valence-electron chi connectivity index (χ3n) is 6.29. The summed E-state index contributed by atoms with van der Waals surface area (Å²) in [6.45, 7) is 9.00. The van der Waals surface area contributed by atoms with E-state index in [0.717, 1.165) is 12.1 Å². The van der Waals surface area contributed by atoms with Crippen LogP contribution in [0.1, 0.15) is 50.7 Å². The predicted molar refractivity (Wildman–Crippen MR) is 150 cm³/mol. The molecule has 1 heterocycles. The molecule has 7 nitrogen and oxygen atoms in total. The molecule has 0 aliphatic heterocycles. The Balaban J connectivity index is 1.82. The first-order valence-corrected chi connectivity index (χ1v) is 13.0. The van der Waals surface area contributed by atoms with Gasteiger partial charge in [0.05, 0.1) is 29.4 Å². The first-order valence-electron chi connectivity index (χ1n) is 13.0. The summed E-state index contributed by atoms with van der Waals surface area (Å²) in [4.78, 5) is 25.4. The minimum Gasteiger partial charge on any atom is -0.491 e. The number of carboxylic acids is 1. The van der Waals surface area contributed by atoms with Gasteiger partial charge in [-0.25, -0.2) is 4.79 Å². The van der Waals surface area contributed by atoms with Gasteiger partial charge in [0.2, 0.25) is 0 Å². The van der Waals surface area contributed by atoms with E-state index in [1.807, 2.05) is 13.8 Å². The van der Waals surface area contributed by atoms with E-state index in [9.17, 15) is 27.9 Å². The zero-order valence-corrected chi connectivity index (χ0v) is 23.3. The smallest absolute Gasteiger partial charge is 0.416 e. The van der Waals surface area contributed by atoms with Crippen molar-refractivity contribution < 1.29 is 37.3 Å². The number of fused-ring (bicyclic) bond motifs is 1. The lowest BCUT2D eigenvalue weighted by molar-refractivity contribution is -0.137. The lowest BCUT2D eigenvalue weighted by Gasteiger charge is -2.17. The average molecular weight is 569 g/mol. The van der Waals surface area contributed by atoms with Crippen molar-refractivity contribution in [2.24, 2.45) is 5.41 Å². The average Bonchev–Trinajstić information content (AvgIpc) is 3.20. The van der Waals surface area contributed by atoms with Gasteiger partial charge in [-0.15, -0.1) is 0 Å². The van der Waals surface area contributed by atoms with Crippen molar-refractivity contribution in [2.75, 3.05) is 11.9 Å². The maximum Gasteiger partial charge on any atom is 0.416 e. The Morgan fingerprint density at radius 1 is 0.902 bits per heavy atom. The molecular weight excluding hydrogens is 537 g/mol. The summed E-state index contributed by atoms with van der Waals surface area (Å²) in [6, 6.07) is 16.1. The van der Waals surface area contributed by atoms with E-state index < -0.39 is 23.1 Å². The van der Waals surface area contributed by atoms with Gasteiger partial charge in [0, 0.05) is 16.5 Å². The molecule has 3 aromatic carbocycles. The third kappa shape index (κ3) is 6.65. The fourth-order valence-electron chi connectivity index (χ4n) is 4.21. The Kier molecular flexibility index (Phi) is 8.05. The molecule has 1 aromatic heterocycles. The van der Waals surface area contributed by atoms with E-state index in [1.165, 1.54) is 12.1 Å². The van der Waals surface area contributed by atoms with Gasteiger partial charge in [0.15, 0.2) is 11.5 Å². The zero-order chi connectivity index (χ0) is 30.1. The monoisotopic (exact) mass is 568 g/mol. The number of aromatic carboxylic acids is 1. The molecule has 4 aromatic rings. The minimum atomic E-state index is -4.47. The number of halogens is 3. The molecule has 0 unspecified atom stereocenters. The summed E-state index contributed by atoms with van der Waals surface area (Å²) in [5, 5.41) is 13.8. The van der Waals surface area contributed by atoms with Crippen molar-refractivity contribution in [1.29, 1.82) is 0 Å². The lowest BCUT2D eigenvalue weighted by atomic mass is 9.91. The number of carboxylic acid groups (broad SMARTS) is 1. The molecule has 10 heteroatoms. The summed E-state index contributed by atoms with van der Waals surface area (Å²) in [5.74, 6) is -0.272. The van der Waals surface area contributed by atoms with Crippen molar-refractivity contribution in [3.8, 4) is 22.9 Å². The SMILES string of the molecule is CC(C)Oc1ccc(-n2c(C(=O)O)c(NCC(=O)C(C)(C)C)c3cc(Oc4ccc(C(F)(F)F)cc4)ccc32)cc1. The van der Waals surface area contributed by atoms with Crippen LogP contribution >= 0.6 is 0 Å². The van der Waals surface area contributed by atoms with Crippen LogP contribution < -0.4 is 14.8 Å². The molecule has 2 N–H and O–H groups in total. The van der Waals surface area contributed by atoms with Gasteiger partial charge in [-0.2, -0.15) is 13.2 Å². The molecule has 0 fully saturated rings. The molecule has 0 radical (unpaired) electrons. The van der Waals surface area contributed by atoms with E-state index in [4.69, 9.17) is 9.47 Å². The number of carbonyl (C=O) groups is 2. The second-order valence-electron chi connectivity index (χ2n) is 10.9. The number of hydrogen-bond acceptors (Lipinski definition) is 5. The van der Waals surface area contributed by atoms with E-state index >= 15 is 0 Å². The van der Waals surface area contributed by atoms with Crippen LogP contribution in [0.3, 0.4) is 0 Å². The predicted octanol–water partition coefficient (Wildman–Crippen LogP) is 7.95. The van der Waals surface area contributed by atoms with Gasteiger partial charge in [-0.1, -0.05) is 20.8 Å². The number of anilines is 1. The van der Waals surface area contributed by atoms with Crippen LogP contribution in [0.4, 0.5) is 18.9 Å². The van der Waals surface area contributed by atoms with Crippen LogP contribution in [0.2, 0.25) is 0 Å². The highest BCUT2D eigenvalue weighted by Crippen LogP contribution is 2.38. The van der Waals surface area contributed by atoms with E-state index in [2.05, 4.69) is 5.32 Å². The number of alkyl halides is 3. The number of nitrogens with one attached hydrogen (secondary N) is 1. The molecule has 0 aliphatic rings. The van der Waals surface area contributed by atoms with Crippen LogP contribution in [0.15, 0.2) is 66.7 Å². The highest BCUT2D eigenvalue weighted by atomic mass is 19.4. The second-order valence-corrected chi connectivity index (χ2v) is 10.9. The first kappa shape index (κ1) is 29.5. The van der Waals surface area contributed by atoms with E-state index in [1.54, 1.807) is 67.8 Å². The number of Topliss-reactive ketones (excluding diaryl/α,β-unsaturated/α-hetero) is 1. The Morgan fingerprint density at radius 2 is 1.49 bits per heavy atom. The molecular formula is C31H31F3N2O5. The van der Waals surface area contributed by atoms with Gasteiger partial charge < -0.3 is 24.5 Å². The van der Waals surface area contributed by atoms with Gasteiger partial charge >= 0.3 is 12.1 Å². The van der Waals surface area contributed by atoms with Crippen LogP contribution in [0, 0.1) is 5.41 Å². The summed E-state index contributed by atoms with van der Waals surface area (Å²) < 4.78 is 52.0. The Morgan fingerprint density at radius 3 is 2.02 bits per heavy atom. The number of ether oxygens (including phenoxy) is 2. The highest BCUT2D eigenvalue weighted by molar-refractivity contribution is 6.08. The maximum atomic E-state index is 13.0. The molecule has 4 rings (SSSR count). The van der Waals surface area contributed by atoms with Gasteiger partial charge in [-0.3, -0.25) is 4.79 Å². The molecule has 0 aliphatic carbocycles. The van der Waals surface area contributed by atoms with Crippen molar-refractivity contribution in [3.63, 3.8) is 0 Å². The van der Waals surface area contributed by atoms with E-state index in [0.29, 0.717) is 22.3 Å². The Labute approximate surface area is 235 Å². The number of ketones is 1. The molecule has 0 atom stereocenters. The van der Waals surface area contributed by atoms with E-state index in [-0.39, 0.29) is 41.3 Å². The highest BCUT2D eigenvalue weighted by Gasteiger charge is 2.30. The number of benzene rings is 3. The van der Waals surface area contributed by atoms with Crippen LogP contribution in [-0.4, -0.2) is 34.1 Å². The Hall–Kier alpha value is -4.47. The van der Waals surface area contributed by atoms with Crippen molar-refractivity contribution in [1.82, 2.24) is 4.57 Å². The van der Waals surface area contributed by atoms with Gasteiger partial charge in [-0.05, 0) is 80.6 Å². The second kappa shape index (κ2) is 11.2. The minimum absolute atomic E-state index is 0.0397. The normalized spacial score (nSPS) is 12.0. The summed E-state index contributed by atoms with van der Waals surface area (Å²) in [6.07, 6.45) is -4.51. The zero-order valence-electron chi connectivity index (χ0n) is 23.3. The quantitative estimate of drug-likeness (QED) is 0.213. The standard InChI is InChI=1S/C31H31F3N2O5/c1-18(2)40-21-12-8-20(9-13-21)36-25-15-14-23(41-22-10-6-19(7-11-22)31(32,33)34)16-24(25)27(28(36)29(38)39)35-17-26(37)30(3,4)5/h6-16,18,35H,17H2,1-5H3,(H,38,39). The van der Waals surface area contributed by atoms with Crippen LogP contribution in [0.5, 0.6) is 17.2 Å². The van der Waals surface area contributed by atoms with Crippen molar-refractivity contribution >= 4 is 28.3 Å². The van der Waals surface area contributed by atoms with Crippen molar-refractivity contribution in [3.05, 3.63) is 78.0 Å². The number of aromatic nitrogens is 1. The van der Waals surface area contributed by atoms with Gasteiger partial charge in [0.1, 0.15) is 17.2 Å². The molecule has 0 spiro atoms. The van der Waals surface area contributed by atoms with Gasteiger partial charge in [0.25, 0.3) is 0 Å². The number of rotatable bonds is 9. The van der Waals surface area contributed by atoms with Crippen LogP contribution in [0.25, 0.3) is 16.6 Å². The maximum absolute atomic E-state index is 13.0. The fourth-order valence-corrected chi connectivity index (χ4v) is 4.21. The summed E-state index contributed by atoms with van der Waals surface area (Å²) in [7, 11) is 0. The Bertz CT molecular complexity index is 1570. The third-order valence-corrected chi connectivity index (χ3v) is 6.29. The molecule has 41 heavy (non-hydrogen) atoms. The molecule has 0 amide bonds. The summed E-state index contributed by atoms with van der Waals surface area (Å²) in [5.41, 5.74) is -0.266. The van der Waals surface area contributed by atoms with Crippen molar-refractivity contribution in [2.45, 2.75) is 46.9 Å². The number of hydrogen-bond donors (Lipinski definition) is 2. The lowest BCUT2D eigenvalue weighted by Crippen LogP contribution is -2.27. The number of carbonyl (C=O) groups excluding carboxylic acids is 1. The van der Waals surface area contributed by atoms with Crippen LogP contribution in [-0.2, 0) is 11.0 Å². The fraction of sp³-hybridized carbons (Fsp3) is 0.290. The molecule has 0 saturated heterocycles. The first-order chi connectivity index (χ1) is 19.1. The number of nitrogens with zero attached hydrogens (tertiary/aromatic N) is 1. The molecule has 0 bridgehead atoms. The summed E-state index contributed by atoms with van der Waals surface area (Å²) >= 11 is 0. The molecule has 216 valence electrons. The topological polar surface area (TPSA) is 89.8 Å². The largest absolute Gasteiger partial charge is 0.491 e. The molecule has 0 saturated carbocycles.